The molecule has 0 radical (unpaired) electrons. The zero-order valence-electron chi connectivity index (χ0n) is 10.9. The number of hydrogen-bond donors (Lipinski definition) is 0. The van der Waals surface area contributed by atoms with E-state index in [-0.39, 0.29) is 22.0 Å². The Hall–Kier alpha value is -2.90. The number of nitrogens with zero attached hydrogens (tertiary/aromatic N) is 3. The molecule has 0 bridgehead atoms. The molecule has 1 aromatic heterocycles. The highest BCUT2D eigenvalue weighted by Crippen LogP contribution is 2.22. The van der Waals surface area contributed by atoms with Crippen LogP contribution in [0.3, 0.4) is 0 Å². The third-order valence-electron chi connectivity index (χ3n) is 2.59. The second-order valence-electron chi connectivity index (χ2n) is 4.12. The van der Waals surface area contributed by atoms with E-state index < -0.39 is 10.1 Å². The SMILES string of the molecule is Cc1ccc(S(=O)(=O)Oc2ccc(C#N)nc2C#N)cc1. The smallest absolute Gasteiger partial charge is 0.339 e. The molecule has 0 amide bonds. The molecule has 0 unspecified atom stereocenters. The summed E-state index contributed by atoms with van der Waals surface area (Å²) in [5.41, 5.74) is 0.656. The molecule has 1 aromatic carbocycles. The van der Waals surface area contributed by atoms with Crippen molar-refractivity contribution in [3.05, 3.63) is 53.3 Å². The number of pyridine rings is 1. The van der Waals surface area contributed by atoms with Crippen LogP contribution in [0.4, 0.5) is 0 Å². The van der Waals surface area contributed by atoms with E-state index in [2.05, 4.69) is 4.98 Å². The topological polar surface area (TPSA) is 104 Å². The molecule has 0 saturated carbocycles. The standard InChI is InChI=1S/C14H9N3O3S/c1-10-2-5-12(6-3-10)21(18,19)20-14-7-4-11(8-15)17-13(14)9-16/h2-7H,1H3. The van der Waals surface area contributed by atoms with Crippen molar-refractivity contribution < 1.29 is 12.6 Å². The summed E-state index contributed by atoms with van der Waals surface area (Å²) in [5, 5.41) is 17.6. The first-order chi connectivity index (χ1) is 9.96. The lowest BCUT2D eigenvalue weighted by Gasteiger charge is -2.08. The summed E-state index contributed by atoms with van der Waals surface area (Å²) in [6.45, 7) is 1.83. The zero-order valence-corrected chi connectivity index (χ0v) is 11.8. The predicted octanol–water partition coefficient (Wildman–Crippen LogP) is 1.90. The predicted molar refractivity (Wildman–Crippen MR) is 72.7 cm³/mol. The van der Waals surface area contributed by atoms with Gasteiger partial charge in [0.15, 0.2) is 11.4 Å². The Balaban J connectivity index is 2.40. The van der Waals surface area contributed by atoms with Crippen LogP contribution in [-0.2, 0) is 10.1 Å². The van der Waals surface area contributed by atoms with Gasteiger partial charge in [0.25, 0.3) is 0 Å². The minimum atomic E-state index is -4.06. The van der Waals surface area contributed by atoms with E-state index in [0.29, 0.717) is 0 Å². The van der Waals surface area contributed by atoms with Gasteiger partial charge in [0.05, 0.1) is 0 Å². The molecule has 21 heavy (non-hydrogen) atoms. The summed E-state index contributed by atoms with van der Waals surface area (Å²) in [4.78, 5) is 3.66. The van der Waals surface area contributed by atoms with Crippen LogP contribution in [0.2, 0.25) is 0 Å². The van der Waals surface area contributed by atoms with Crippen LogP contribution in [0.15, 0.2) is 41.3 Å². The normalized spacial score (nSPS) is 10.4. The van der Waals surface area contributed by atoms with Crippen molar-refractivity contribution in [2.24, 2.45) is 0 Å². The zero-order chi connectivity index (χ0) is 15.5. The van der Waals surface area contributed by atoms with Gasteiger partial charge in [-0.1, -0.05) is 17.7 Å². The Kier molecular flexibility index (Phi) is 3.88. The third kappa shape index (κ3) is 3.16. The van der Waals surface area contributed by atoms with Crippen molar-refractivity contribution in [2.75, 3.05) is 0 Å². The number of nitriles is 2. The minimum absolute atomic E-state index is 0.00614. The summed E-state index contributed by atoms with van der Waals surface area (Å²) in [5.74, 6) is -0.211. The number of hydrogen-bond acceptors (Lipinski definition) is 6. The van der Waals surface area contributed by atoms with Crippen LogP contribution in [0.25, 0.3) is 0 Å². The summed E-state index contributed by atoms with van der Waals surface area (Å²) in [6.07, 6.45) is 0. The van der Waals surface area contributed by atoms with Gasteiger partial charge < -0.3 is 4.18 Å². The van der Waals surface area contributed by atoms with Gasteiger partial charge in [0, 0.05) is 0 Å². The van der Waals surface area contributed by atoms with E-state index in [1.165, 1.54) is 24.3 Å². The van der Waals surface area contributed by atoms with Crippen molar-refractivity contribution >= 4 is 10.1 Å². The molecule has 2 aromatic rings. The highest BCUT2D eigenvalue weighted by molar-refractivity contribution is 7.87. The molecule has 6 nitrogen and oxygen atoms in total. The lowest BCUT2D eigenvalue weighted by atomic mass is 10.2. The van der Waals surface area contributed by atoms with E-state index in [4.69, 9.17) is 14.7 Å². The second-order valence-corrected chi connectivity index (χ2v) is 5.66. The van der Waals surface area contributed by atoms with Gasteiger partial charge in [0.2, 0.25) is 0 Å². The minimum Gasteiger partial charge on any atom is -0.376 e. The summed E-state index contributed by atoms with van der Waals surface area (Å²) in [7, 11) is -4.06. The maximum atomic E-state index is 12.1. The first kappa shape index (κ1) is 14.5. The first-order valence-corrected chi connectivity index (χ1v) is 7.19. The van der Waals surface area contributed by atoms with E-state index in [0.717, 1.165) is 5.56 Å². The molecule has 104 valence electrons. The molecule has 0 spiro atoms. The van der Waals surface area contributed by atoms with Gasteiger partial charge in [-0.05, 0) is 31.2 Å². The summed E-state index contributed by atoms with van der Waals surface area (Å²) in [6, 6.07) is 12.1. The van der Waals surface area contributed by atoms with Gasteiger partial charge in [-0.25, -0.2) is 4.98 Å². The second kappa shape index (κ2) is 5.61. The van der Waals surface area contributed by atoms with Crippen molar-refractivity contribution in [2.45, 2.75) is 11.8 Å². The van der Waals surface area contributed by atoms with Crippen molar-refractivity contribution in [1.29, 1.82) is 10.5 Å². The Bertz CT molecular complexity index is 860. The fourth-order valence-electron chi connectivity index (χ4n) is 1.53. The van der Waals surface area contributed by atoms with E-state index in [1.54, 1.807) is 24.3 Å². The molecular formula is C14H9N3O3S. The molecule has 7 heteroatoms. The van der Waals surface area contributed by atoms with Crippen LogP contribution in [-0.4, -0.2) is 13.4 Å². The molecule has 0 aliphatic carbocycles. The quantitative estimate of drug-likeness (QED) is 0.802. The van der Waals surface area contributed by atoms with Gasteiger partial charge in [-0.3, -0.25) is 0 Å². The molecule has 0 aliphatic rings. The Morgan fingerprint density at radius 2 is 1.71 bits per heavy atom. The Morgan fingerprint density at radius 1 is 1.05 bits per heavy atom. The highest BCUT2D eigenvalue weighted by atomic mass is 32.2. The van der Waals surface area contributed by atoms with E-state index in [9.17, 15) is 8.42 Å². The maximum Gasteiger partial charge on any atom is 0.339 e. The van der Waals surface area contributed by atoms with Crippen LogP contribution in [0, 0.1) is 29.6 Å². The van der Waals surface area contributed by atoms with Gasteiger partial charge in [-0.2, -0.15) is 18.9 Å². The molecule has 2 rings (SSSR count). The fourth-order valence-corrected chi connectivity index (χ4v) is 2.46. The molecule has 0 saturated heterocycles. The van der Waals surface area contributed by atoms with Gasteiger partial charge in [-0.15, -0.1) is 0 Å². The lowest BCUT2D eigenvalue weighted by Crippen LogP contribution is -2.11. The van der Waals surface area contributed by atoms with Crippen LogP contribution < -0.4 is 4.18 Å². The summed E-state index contributed by atoms with van der Waals surface area (Å²) < 4.78 is 29.1. The maximum absolute atomic E-state index is 12.1. The third-order valence-corrected chi connectivity index (χ3v) is 3.84. The highest BCUT2D eigenvalue weighted by Gasteiger charge is 2.19. The van der Waals surface area contributed by atoms with Crippen LogP contribution >= 0.6 is 0 Å². The first-order valence-electron chi connectivity index (χ1n) is 5.78. The lowest BCUT2D eigenvalue weighted by molar-refractivity contribution is 0.484. The van der Waals surface area contributed by atoms with E-state index >= 15 is 0 Å². The molecule has 0 atom stereocenters. The Labute approximate surface area is 122 Å². The average Bonchev–Trinajstić information content (AvgIpc) is 2.47. The van der Waals surface area contributed by atoms with Crippen LogP contribution in [0.5, 0.6) is 5.75 Å². The fraction of sp³-hybridized carbons (Fsp3) is 0.0714. The number of benzene rings is 1. The largest absolute Gasteiger partial charge is 0.376 e. The molecular weight excluding hydrogens is 290 g/mol. The van der Waals surface area contributed by atoms with Crippen molar-refractivity contribution in [3.63, 3.8) is 0 Å². The Morgan fingerprint density at radius 3 is 2.29 bits per heavy atom. The molecule has 0 N–H and O–H groups in total. The molecule has 0 aliphatic heterocycles. The van der Waals surface area contributed by atoms with Crippen LogP contribution in [0.1, 0.15) is 17.0 Å². The van der Waals surface area contributed by atoms with Gasteiger partial charge in [0.1, 0.15) is 22.7 Å². The number of aryl methyl sites for hydroxylation is 1. The molecule has 1 heterocycles. The number of rotatable bonds is 3. The van der Waals surface area contributed by atoms with Crippen molar-refractivity contribution in [3.8, 4) is 17.9 Å². The van der Waals surface area contributed by atoms with Crippen molar-refractivity contribution in [1.82, 2.24) is 4.98 Å². The summed E-state index contributed by atoms with van der Waals surface area (Å²) >= 11 is 0. The number of aromatic nitrogens is 1. The monoisotopic (exact) mass is 299 g/mol. The van der Waals surface area contributed by atoms with E-state index in [1.807, 2.05) is 6.92 Å². The average molecular weight is 299 g/mol. The molecule has 0 fully saturated rings. The van der Waals surface area contributed by atoms with Gasteiger partial charge >= 0.3 is 10.1 Å².